The van der Waals surface area contributed by atoms with Crippen LogP contribution in [0.5, 0.6) is 11.5 Å². The van der Waals surface area contributed by atoms with E-state index >= 15 is 0 Å². The van der Waals surface area contributed by atoms with Gasteiger partial charge in [0, 0.05) is 6.07 Å². The number of phenols is 1. The summed E-state index contributed by atoms with van der Waals surface area (Å²) in [7, 11) is 1.49. The van der Waals surface area contributed by atoms with Gasteiger partial charge in [0.1, 0.15) is 5.75 Å². The Bertz CT molecular complexity index is 715. The Labute approximate surface area is 125 Å². The number of primary amides is 1. The van der Waals surface area contributed by atoms with Gasteiger partial charge in [0.15, 0.2) is 0 Å². The SMILES string of the molecule is COc1ccc(N(C(N)=O)c2cccc([N+](=O)[O-])c2O)cc1. The van der Waals surface area contributed by atoms with Gasteiger partial charge in [-0.25, -0.2) is 4.79 Å². The minimum Gasteiger partial charge on any atom is -0.501 e. The molecule has 0 unspecified atom stereocenters. The quantitative estimate of drug-likeness (QED) is 0.664. The monoisotopic (exact) mass is 303 g/mol. The molecule has 0 aliphatic heterocycles. The molecule has 0 saturated heterocycles. The van der Waals surface area contributed by atoms with E-state index in [1.807, 2.05) is 0 Å². The average Bonchev–Trinajstić information content (AvgIpc) is 2.49. The van der Waals surface area contributed by atoms with Gasteiger partial charge in [-0.15, -0.1) is 0 Å². The predicted molar refractivity (Wildman–Crippen MR) is 79.5 cm³/mol. The maximum atomic E-state index is 11.7. The average molecular weight is 303 g/mol. The maximum absolute atomic E-state index is 11.7. The largest absolute Gasteiger partial charge is 0.501 e. The van der Waals surface area contributed by atoms with Crippen molar-refractivity contribution < 1.29 is 19.6 Å². The number of ether oxygens (including phenoxy) is 1. The first-order valence-corrected chi connectivity index (χ1v) is 6.15. The van der Waals surface area contributed by atoms with Gasteiger partial charge in [-0.2, -0.15) is 0 Å². The number of amides is 2. The Balaban J connectivity index is 2.55. The van der Waals surface area contributed by atoms with Crippen LogP contribution in [-0.4, -0.2) is 23.2 Å². The summed E-state index contributed by atoms with van der Waals surface area (Å²) in [6, 6.07) is 9.24. The highest BCUT2D eigenvalue weighted by atomic mass is 16.6. The standard InChI is InChI=1S/C14H13N3O5/c1-22-10-7-5-9(6-8-10)16(14(15)19)11-3-2-4-12(13(11)18)17(20)21/h2-8,18H,1H3,(H2,15,19). The summed E-state index contributed by atoms with van der Waals surface area (Å²) in [6.45, 7) is 0. The van der Waals surface area contributed by atoms with E-state index in [4.69, 9.17) is 10.5 Å². The van der Waals surface area contributed by atoms with E-state index < -0.39 is 22.4 Å². The molecule has 0 bridgehead atoms. The highest BCUT2D eigenvalue weighted by Crippen LogP contribution is 2.39. The Hall–Kier alpha value is -3.29. The number of hydrogen-bond donors (Lipinski definition) is 2. The Morgan fingerprint density at radius 2 is 1.91 bits per heavy atom. The number of methoxy groups -OCH3 is 1. The molecule has 0 aromatic heterocycles. The van der Waals surface area contributed by atoms with Crippen LogP contribution in [0.2, 0.25) is 0 Å². The summed E-state index contributed by atoms with van der Waals surface area (Å²) >= 11 is 0. The van der Waals surface area contributed by atoms with Crippen molar-refractivity contribution in [3.05, 3.63) is 52.6 Å². The van der Waals surface area contributed by atoms with Crippen LogP contribution >= 0.6 is 0 Å². The molecule has 2 amide bonds. The summed E-state index contributed by atoms with van der Waals surface area (Å²) in [4.78, 5) is 22.8. The molecule has 8 nitrogen and oxygen atoms in total. The number of nitro groups is 1. The third-order valence-corrected chi connectivity index (χ3v) is 2.98. The number of urea groups is 1. The molecular weight excluding hydrogens is 290 g/mol. The smallest absolute Gasteiger partial charge is 0.324 e. The van der Waals surface area contributed by atoms with Crippen LogP contribution in [-0.2, 0) is 0 Å². The van der Waals surface area contributed by atoms with E-state index in [9.17, 15) is 20.0 Å². The zero-order chi connectivity index (χ0) is 16.3. The molecule has 0 aliphatic rings. The van der Waals surface area contributed by atoms with Crippen LogP contribution in [0.1, 0.15) is 0 Å². The molecule has 0 fully saturated rings. The van der Waals surface area contributed by atoms with Crippen LogP contribution in [0.3, 0.4) is 0 Å². The number of nitrogens with zero attached hydrogens (tertiary/aromatic N) is 2. The molecule has 0 spiro atoms. The van der Waals surface area contributed by atoms with Gasteiger partial charge in [0.25, 0.3) is 0 Å². The second kappa shape index (κ2) is 6.00. The van der Waals surface area contributed by atoms with E-state index in [-0.39, 0.29) is 5.69 Å². The van der Waals surface area contributed by atoms with Crippen LogP contribution in [0, 0.1) is 10.1 Å². The third-order valence-electron chi connectivity index (χ3n) is 2.98. The second-order valence-corrected chi connectivity index (χ2v) is 4.27. The maximum Gasteiger partial charge on any atom is 0.324 e. The van der Waals surface area contributed by atoms with E-state index in [1.54, 1.807) is 24.3 Å². The van der Waals surface area contributed by atoms with Gasteiger partial charge < -0.3 is 15.6 Å². The van der Waals surface area contributed by atoms with Gasteiger partial charge >= 0.3 is 11.7 Å². The molecule has 3 N–H and O–H groups in total. The molecule has 0 saturated carbocycles. The number of carbonyl (C=O) groups excluding carboxylic acids is 1. The lowest BCUT2D eigenvalue weighted by molar-refractivity contribution is -0.385. The van der Waals surface area contributed by atoms with Gasteiger partial charge in [-0.1, -0.05) is 6.07 Å². The zero-order valence-corrected chi connectivity index (χ0v) is 11.6. The number of anilines is 2. The number of carbonyl (C=O) groups is 1. The predicted octanol–water partition coefficient (Wildman–Crippen LogP) is 2.53. The lowest BCUT2D eigenvalue weighted by Crippen LogP contribution is -2.31. The summed E-state index contributed by atoms with van der Waals surface area (Å²) in [5, 5.41) is 20.9. The molecule has 0 aliphatic carbocycles. The van der Waals surface area contributed by atoms with Gasteiger partial charge in [0.05, 0.1) is 23.4 Å². The minimum absolute atomic E-state index is 0.0770. The van der Waals surface area contributed by atoms with Crippen molar-refractivity contribution in [3.8, 4) is 11.5 Å². The fourth-order valence-electron chi connectivity index (χ4n) is 1.96. The van der Waals surface area contributed by atoms with Crippen molar-refractivity contribution in [1.29, 1.82) is 0 Å². The number of phenolic OH excluding ortho intramolecular Hbond substituents is 1. The van der Waals surface area contributed by atoms with E-state index in [0.29, 0.717) is 11.4 Å². The van der Waals surface area contributed by atoms with Crippen molar-refractivity contribution in [2.45, 2.75) is 0 Å². The number of nitrogens with two attached hydrogens (primary N) is 1. The Morgan fingerprint density at radius 3 is 2.41 bits per heavy atom. The van der Waals surface area contributed by atoms with Crippen molar-refractivity contribution in [3.63, 3.8) is 0 Å². The normalized spacial score (nSPS) is 10.0. The molecule has 2 aromatic carbocycles. The van der Waals surface area contributed by atoms with Gasteiger partial charge in [-0.3, -0.25) is 15.0 Å². The van der Waals surface area contributed by atoms with Crippen LogP contribution in [0.4, 0.5) is 21.9 Å². The molecular formula is C14H13N3O5. The molecule has 22 heavy (non-hydrogen) atoms. The highest BCUT2D eigenvalue weighted by molar-refractivity contribution is 6.00. The summed E-state index contributed by atoms with van der Waals surface area (Å²) in [5.41, 5.74) is 5.08. The fourth-order valence-corrected chi connectivity index (χ4v) is 1.96. The molecule has 2 rings (SSSR count). The van der Waals surface area contributed by atoms with Gasteiger partial charge in [0.2, 0.25) is 5.75 Å². The number of hydrogen-bond acceptors (Lipinski definition) is 5. The second-order valence-electron chi connectivity index (χ2n) is 4.27. The molecule has 0 atom stereocenters. The zero-order valence-electron chi connectivity index (χ0n) is 11.6. The molecule has 114 valence electrons. The summed E-state index contributed by atoms with van der Waals surface area (Å²) in [5.74, 6) is -0.0708. The van der Waals surface area contributed by atoms with Crippen LogP contribution < -0.4 is 15.4 Å². The molecule has 2 aromatic rings. The number of benzene rings is 2. The molecule has 0 radical (unpaired) electrons. The first kappa shape index (κ1) is 15.1. The van der Waals surface area contributed by atoms with Crippen molar-refractivity contribution in [2.75, 3.05) is 12.0 Å². The summed E-state index contributed by atoms with van der Waals surface area (Å²) in [6.07, 6.45) is 0. The van der Waals surface area contributed by atoms with Crippen molar-refractivity contribution >= 4 is 23.1 Å². The highest BCUT2D eigenvalue weighted by Gasteiger charge is 2.24. The fraction of sp³-hybridized carbons (Fsp3) is 0.0714. The van der Waals surface area contributed by atoms with Gasteiger partial charge in [-0.05, 0) is 30.3 Å². The van der Waals surface area contributed by atoms with Crippen LogP contribution in [0.25, 0.3) is 0 Å². The van der Waals surface area contributed by atoms with E-state index in [0.717, 1.165) is 11.0 Å². The molecule has 0 heterocycles. The third kappa shape index (κ3) is 2.75. The first-order chi connectivity index (χ1) is 10.5. The lowest BCUT2D eigenvalue weighted by Gasteiger charge is -2.21. The number of aromatic hydroxyl groups is 1. The topological polar surface area (TPSA) is 119 Å². The lowest BCUT2D eigenvalue weighted by atomic mass is 10.2. The van der Waals surface area contributed by atoms with Crippen molar-refractivity contribution in [1.82, 2.24) is 0 Å². The van der Waals surface area contributed by atoms with Crippen LogP contribution in [0.15, 0.2) is 42.5 Å². The number of nitro benzene ring substituents is 1. The van der Waals surface area contributed by atoms with E-state index in [1.165, 1.54) is 19.2 Å². The number of rotatable bonds is 4. The first-order valence-electron chi connectivity index (χ1n) is 6.15. The van der Waals surface area contributed by atoms with E-state index in [2.05, 4.69) is 0 Å². The Morgan fingerprint density at radius 1 is 1.27 bits per heavy atom. The molecule has 8 heteroatoms. The number of para-hydroxylation sites is 1. The summed E-state index contributed by atoms with van der Waals surface area (Å²) < 4.78 is 5.02. The minimum atomic E-state index is -0.888. The Kier molecular flexibility index (Phi) is 4.12. The van der Waals surface area contributed by atoms with Crippen molar-refractivity contribution in [2.24, 2.45) is 5.73 Å².